The molecule has 4 N–H and O–H groups in total. The Labute approximate surface area is 419 Å². The van der Waals surface area contributed by atoms with E-state index < -0.39 is 72.7 Å². The third kappa shape index (κ3) is 24.2. The van der Waals surface area contributed by atoms with Crippen LogP contribution in [0.15, 0.2) is 115 Å². The summed E-state index contributed by atoms with van der Waals surface area (Å²) >= 11 is 0. The lowest BCUT2D eigenvalue weighted by Crippen LogP contribution is -2.26. The molecule has 0 fully saturated rings. The molecule has 20 heteroatoms. The van der Waals surface area contributed by atoms with Crippen molar-refractivity contribution in [1.82, 2.24) is 0 Å². The van der Waals surface area contributed by atoms with Gasteiger partial charge in [0.05, 0.1) is 0 Å². The van der Waals surface area contributed by atoms with E-state index in [2.05, 4.69) is 47.6 Å². The summed E-state index contributed by atoms with van der Waals surface area (Å²) in [5.74, 6) is -2.23. The summed E-state index contributed by atoms with van der Waals surface area (Å²) in [6.45, 7) is 27.8. The molecule has 3 aromatic carbocycles. The van der Waals surface area contributed by atoms with E-state index in [4.69, 9.17) is 37.9 Å². The molecule has 72 heavy (non-hydrogen) atoms. The monoisotopic (exact) mass is 1000 g/mol. The van der Waals surface area contributed by atoms with Crippen molar-refractivity contribution in [2.24, 2.45) is 0 Å². The second kappa shape index (κ2) is 30.2. The van der Waals surface area contributed by atoms with Crippen LogP contribution in [0.3, 0.4) is 0 Å². The maximum atomic E-state index is 12.2. The molecule has 3 rings (SSSR count). The highest BCUT2D eigenvalue weighted by Gasteiger charge is 2.18. The van der Waals surface area contributed by atoms with E-state index in [-0.39, 0.29) is 48.7 Å². The Hall–Kier alpha value is -8.42. The van der Waals surface area contributed by atoms with Crippen molar-refractivity contribution in [2.45, 2.75) is 93.2 Å². The van der Waals surface area contributed by atoms with Crippen LogP contribution < -0.4 is 21.3 Å². The zero-order valence-corrected chi connectivity index (χ0v) is 42.1. The predicted octanol–water partition coefficient (Wildman–Crippen LogP) is 9.50. The van der Waals surface area contributed by atoms with Crippen LogP contribution in [0.1, 0.15) is 72.1 Å². The summed E-state index contributed by atoms with van der Waals surface area (Å²) in [5.41, 5.74) is 5.61. The lowest BCUT2D eigenvalue weighted by Gasteiger charge is -2.16. The molecule has 0 bridgehead atoms. The van der Waals surface area contributed by atoms with Crippen LogP contribution in [0.4, 0.5) is 41.9 Å². The van der Waals surface area contributed by atoms with Crippen molar-refractivity contribution in [3.05, 3.63) is 132 Å². The number of anilines is 4. The maximum absolute atomic E-state index is 12.2. The van der Waals surface area contributed by atoms with E-state index in [0.717, 1.165) is 11.1 Å². The van der Waals surface area contributed by atoms with Gasteiger partial charge in [-0.15, -0.1) is 0 Å². The van der Waals surface area contributed by atoms with Gasteiger partial charge in [0, 0.05) is 45.0 Å². The molecule has 4 atom stereocenters. The second-order valence-corrected chi connectivity index (χ2v) is 16.5. The molecule has 4 unspecified atom stereocenters. The molecule has 20 nitrogen and oxygen atoms in total. The van der Waals surface area contributed by atoms with E-state index in [1.54, 1.807) is 71.0 Å². The molecule has 0 aliphatic carbocycles. The molecular weight excluding hydrogens is 937 g/mol. The van der Waals surface area contributed by atoms with Gasteiger partial charge in [0.15, 0.2) is 0 Å². The smallest absolute Gasteiger partial charge is 0.412 e. The van der Waals surface area contributed by atoms with E-state index in [9.17, 15) is 38.4 Å². The van der Waals surface area contributed by atoms with E-state index in [1.807, 2.05) is 24.3 Å². The highest BCUT2D eigenvalue weighted by Crippen LogP contribution is 2.22. The summed E-state index contributed by atoms with van der Waals surface area (Å²) in [4.78, 5) is 94.0. The topological polar surface area (TPSA) is 259 Å². The molecule has 0 aliphatic heterocycles. The molecule has 3 aromatic rings. The van der Waals surface area contributed by atoms with Crippen LogP contribution in [0, 0.1) is 6.92 Å². The predicted molar refractivity (Wildman–Crippen MR) is 268 cm³/mol. The zero-order chi connectivity index (χ0) is 54.1. The number of hydrogen-bond donors (Lipinski definition) is 4. The SMILES string of the molecule is C=C(C)C(=O)OCC(C)OC(=O)Nc1ccc(C)c(NC(=O)OC(C)COC(=O)C(=C)C)c1.C=C(C)C(=O)OCC(C)OC(=O)Nc1ccc(Cc2ccc(NC(=O)OC(C)COC(=O)C(=C)C)cc2)cc1. The molecule has 0 aliphatic rings. The fraction of sp³-hybridized carbons (Fsp3) is 0.346. The molecule has 388 valence electrons. The van der Waals surface area contributed by atoms with Crippen LogP contribution >= 0.6 is 0 Å². The third-order valence-corrected chi connectivity index (χ3v) is 8.95. The first-order valence-electron chi connectivity index (χ1n) is 22.3. The van der Waals surface area contributed by atoms with Gasteiger partial charge in [-0.05, 0) is 122 Å². The van der Waals surface area contributed by atoms with Gasteiger partial charge < -0.3 is 37.9 Å². The molecule has 0 saturated heterocycles. The number of ether oxygens (including phenoxy) is 8. The van der Waals surface area contributed by atoms with Gasteiger partial charge in [0.25, 0.3) is 0 Å². The Morgan fingerprint density at radius 1 is 0.417 bits per heavy atom. The van der Waals surface area contributed by atoms with Crippen molar-refractivity contribution in [3.63, 3.8) is 0 Å². The second-order valence-electron chi connectivity index (χ2n) is 16.5. The van der Waals surface area contributed by atoms with Crippen LogP contribution in [0.2, 0.25) is 0 Å². The lowest BCUT2D eigenvalue weighted by atomic mass is 10.0. The quantitative estimate of drug-likeness (QED) is 0.0415. The number of benzene rings is 3. The van der Waals surface area contributed by atoms with Gasteiger partial charge in [0.1, 0.15) is 50.8 Å². The Morgan fingerprint density at radius 3 is 0.972 bits per heavy atom. The van der Waals surface area contributed by atoms with Gasteiger partial charge in [-0.25, -0.2) is 38.4 Å². The summed E-state index contributed by atoms with van der Waals surface area (Å²) in [6.07, 6.45) is -4.84. The van der Waals surface area contributed by atoms with Crippen LogP contribution in [0.5, 0.6) is 0 Å². The summed E-state index contributed by atoms with van der Waals surface area (Å²) in [5, 5.41) is 10.4. The molecular formula is C52H64N4O16. The number of hydrogen-bond acceptors (Lipinski definition) is 16. The fourth-order valence-electron chi connectivity index (χ4n) is 5.20. The van der Waals surface area contributed by atoms with Gasteiger partial charge in [-0.3, -0.25) is 21.3 Å². The Bertz CT molecular complexity index is 2360. The summed E-state index contributed by atoms with van der Waals surface area (Å²) < 4.78 is 40.5. The highest BCUT2D eigenvalue weighted by molar-refractivity contribution is 5.91. The zero-order valence-electron chi connectivity index (χ0n) is 42.1. The van der Waals surface area contributed by atoms with Gasteiger partial charge in [0.2, 0.25) is 0 Å². The van der Waals surface area contributed by atoms with Crippen molar-refractivity contribution in [1.29, 1.82) is 0 Å². The van der Waals surface area contributed by atoms with E-state index in [0.29, 0.717) is 34.7 Å². The average molecular weight is 1000 g/mol. The number of rotatable bonds is 22. The first-order chi connectivity index (χ1) is 33.8. The van der Waals surface area contributed by atoms with Crippen LogP contribution in [-0.4, -0.2) is 99.1 Å². The van der Waals surface area contributed by atoms with Crippen molar-refractivity contribution < 1.29 is 76.3 Å². The lowest BCUT2D eigenvalue weighted by molar-refractivity contribution is -0.142. The Balaban J connectivity index is 0.000000501. The van der Waals surface area contributed by atoms with E-state index in [1.165, 1.54) is 33.8 Å². The fourth-order valence-corrected chi connectivity index (χ4v) is 5.20. The minimum atomic E-state index is -0.765. The van der Waals surface area contributed by atoms with Crippen molar-refractivity contribution in [3.8, 4) is 0 Å². The number of nitrogens with one attached hydrogen (secondary N) is 4. The van der Waals surface area contributed by atoms with Crippen molar-refractivity contribution in [2.75, 3.05) is 47.7 Å². The third-order valence-electron chi connectivity index (χ3n) is 8.95. The van der Waals surface area contributed by atoms with Gasteiger partial charge in [-0.2, -0.15) is 0 Å². The maximum Gasteiger partial charge on any atom is 0.412 e. The molecule has 0 aromatic heterocycles. The minimum absolute atomic E-state index is 0.0698. The Kier molecular flexibility index (Phi) is 25.1. The minimum Gasteiger partial charge on any atom is -0.458 e. The molecule has 4 amide bonds. The normalized spacial score (nSPS) is 11.8. The Morgan fingerprint density at radius 2 is 0.681 bits per heavy atom. The van der Waals surface area contributed by atoms with Crippen LogP contribution in [0.25, 0.3) is 0 Å². The molecule has 0 radical (unpaired) electrons. The number of esters is 4. The first kappa shape index (κ1) is 59.7. The number of amides is 4. The number of aryl methyl sites for hydroxylation is 1. The number of carbonyl (C=O) groups excluding carboxylic acids is 8. The van der Waals surface area contributed by atoms with Crippen molar-refractivity contribution >= 4 is 71.0 Å². The highest BCUT2D eigenvalue weighted by atomic mass is 16.6. The van der Waals surface area contributed by atoms with E-state index >= 15 is 0 Å². The molecule has 0 spiro atoms. The molecule has 0 saturated carbocycles. The number of carbonyl (C=O) groups is 8. The van der Waals surface area contributed by atoms with Crippen LogP contribution in [-0.2, 0) is 63.5 Å². The average Bonchev–Trinajstić information content (AvgIpc) is 3.30. The first-order valence-corrected chi connectivity index (χ1v) is 22.3. The van der Waals surface area contributed by atoms with Gasteiger partial charge >= 0.3 is 48.3 Å². The summed E-state index contributed by atoms with van der Waals surface area (Å²) in [6, 6.07) is 19.3. The molecule has 0 heterocycles. The largest absolute Gasteiger partial charge is 0.458 e. The summed E-state index contributed by atoms with van der Waals surface area (Å²) in [7, 11) is 0. The standard InChI is InChI=1S/C29H34N2O8.C23H30N2O8/c1-18(2)26(32)36-16-20(5)38-28(34)30-24-11-7-22(8-12-24)15-23-9-13-25(14-10-23)31-29(35)39-21(6)17-37-27(33)19(3)4;1-13(2)20(26)30-11-16(6)32-22(28)24-18-9-8-15(5)19(10-18)25-23(29)33-17(7)12-31-21(27)14(3)4/h7-14,20-21H,1,3,15-17H2,2,4-6H3,(H,30,34)(H,31,35);8-10,16-17H,1,3,11-12H2,2,4-7H3,(H,24,28)(H,25,29). The van der Waals surface area contributed by atoms with Gasteiger partial charge in [-0.1, -0.05) is 56.6 Å².